The van der Waals surface area contributed by atoms with Gasteiger partial charge in [0.05, 0.1) is 13.2 Å². The Bertz CT molecular complexity index is 691. The van der Waals surface area contributed by atoms with Crippen LogP contribution in [-0.2, 0) is 35.8 Å². The normalized spacial score (nSPS) is 16.9. The van der Waals surface area contributed by atoms with E-state index in [0.717, 1.165) is 11.3 Å². The van der Waals surface area contributed by atoms with Gasteiger partial charge >= 0.3 is 39.9 Å². The van der Waals surface area contributed by atoms with Gasteiger partial charge in [-0.1, -0.05) is 24.3 Å². The molecule has 0 bridgehead atoms. The van der Waals surface area contributed by atoms with E-state index in [1.54, 1.807) is 12.1 Å². The quantitative estimate of drug-likeness (QED) is 0.334. The third-order valence-corrected chi connectivity index (χ3v) is 3.39. The fraction of sp³-hybridized carbons (Fsp3) is 0.176. The van der Waals surface area contributed by atoms with E-state index in [-0.39, 0.29) is 40.3 Å². The Balaban J connectivity index is 0. The Morgan fingerprint density at radius 2 is 1.68 bits per heavy atom. The number of nitrogens with one attached hydrogen (secondary N) is 1. The first-order valence-corrected chi connectivity index (χ1v) is 6.38. The van der Waals surface area contributed by atoms with Gasteiger partial charge in [0.2, 0.25) is 0 Å². The van der Waals surface area contributed by atoms with E-state index >= 15 is 0 Å². The summed E-state index contributed by atoms with van der Waals surface area (Å²) in [6.07, 6.45) is 8.13. The van der Waals surface area contributed by atoms with Gasteiger partial charge in [-0.2, -0.15) is 0 Å². The Labute approximate surface area is 155 Å². The molecule has 0 saturated heterocycles. The molecule has 0 fully saturated rings. The van der Waals surface area contributed by atoms with E-state index in [1.807, 2.05) is 12.2 Å². The summed E-state index contributed by atoms with van der Waals surface area (Å²) in [4.78, 5) is 11.6. The summed E-state index contributed by atoms with van der Waals surface area (Å²) < 4.78 is 27.2. The minimum absolute atomic E-state index is 0. The van der Waals surface area contributed by atoms with Gasteiger partial charge in [-0.3, -0.25) is 0 Å². The number of phenolic OH excluding ortho intramolecular Hbond substituents is 1. The number of ether oxygens (including phenoxy) is 1. The van der Waals surface area contributed by atoms with Crippen molar-refractivity contribution in [1.29, 1.82) is 0 Å². The maximum atomic E-state index is 11.6. The summed E-state index contributed by atoms with van der Waals surface area (Å²) in [5, 5.41) is 13.1. The molecule has 0 radical (unpaired) electrons. The standard InChI is InChI=1S/C14H13NO3.3CO.Fe/c1-18-14(17)10-6-9-8-4-2-3-5-11(8)15-12(9)7-13(10)16;3*1-2;/h2-8,11,15-16H,1H3;;;;/t8-,11-;;;;/m1..../s1. The van der Waals surface area contributed by atoms with Crippen LogP contribution < -0.4 is 5.32 Å². The van der Waals surface area contributed by atoms with E-state index in [1.165, 1.54) is 7.11 Å². The molecule has 0 unspecified atom stereocenters. The Kier molecular flexibility index (Phi) is 12.8. The zero-order chi connectivity index (χ0) is 18.7. The number of benzene rings is 1. The molecule has 1 aliphatic heterocycles. The van der Waals surface area contributed by atoms with Crippen molar-refractivity contribution in [2.45, 2.75) is 12.0 Å². The predicted molar refractivity (Wildman–Crippen MR) is 79.7 cm³/mol. The molecule has 1 heterocycles. The topological polar surface area (TPSA) is 118 Å². The van der Waals surface area contributed by atoms with Crippen molar-refractivity contribution in [3.63, 3.8) is 0 Å². The number of hydrogen-bond acceptors (Lipinski definition) is 4. The Hall–Kier alpha value is -2.49. The first kappa shape index (κ1) is 24.8. The van der Waals surface area contributed by atoms with Gasteiger partial charge in [0.25, 0.3) is 0 Å². The molecule has 2 atom stereocenters. The van der Waals surface area contributed by atoms with Crippen LogP contribution >= 0.6 is 0 Å². The van der Waals surface area contributed by atoms with Gasteiger partial charge in [0.1, 0.15) is 11.3 Å². The monoisotopic (exact) mass is 383 g/mol. The molecule has 25 heavy (non-hydrogen) atoms. The van der Waals surface area contributed by atoms with Crippen molar-refractivity contribution < 1.29 is 45.7 Å². The number of phenols is 1. The third-order valence-electron chi connectivity index (χ3n) is 3.39. The molecule has 1 aliphatic carbocycles. The van der Waals surface area contributed by atoms with Crippen molar-refractivity contribution in [2.24, 2.45) is 0 Å². The zero-order valence-corrected chi connectivity index (χ0v) is 14.1. The van der Waals surface area contributed by atoms with Gasteiger partial charge in [0.15, 0.2) is 0 Å². The number of anilines is 1. The van der Waals surface area contributed by atoms with Gasteiger partial charge < -0.3 is 15.2 Å². The maximum Gasteiger partial charge on any atom is 0 e. The van der Waals surface area contributed by atoms with Crippen LogP contribution in [0, 0.1) is 20.0 Å². The van der Waals surface area contributed by atoms with Crippen molar-refractivity contribution in [1.82, 2.24) is 0 Å². The summed E-state index contributed by atoms with van der Waals surface area (Å²) in [5.74, 6) is -0.372. The molecule has 130 valence electrons. The van der Waals surface area contributed by atoms with Crippen LogP contribution in [0.25, 0.3) is 0 Å². The number of allylic oxidation sites excluding steroid dienone is 2. The van der Waals surface area contributed by atoms with E-state index < -0.39 is 5.97 Å². The number of hydrogen-bond donors (Lipinski definition) is 2. The largest absolute Gasteiger partial charge is 0 e. The predicted octanol–water partition coefficient (Wildman–Crippen LogP) is 2.07. The number of aromatic hydroxyl groups is 1. The minimum atomic E-state index is -0.519. The summed E-state index contributed by atoms with van der Waals surface area (Å²) in [6.45, 7) is 13.5. The van der Waals surface area contributed by atoms with Crippen LogP contribution in [0.4, 0.5) is 5.69 Å². The second kappa shape index (κ2) is 12.9. The first-order chi connectivity index (χ1) is 11.7. The number of methoxy groups -OCH3 is 1. The molecule has 0 saturated carbocycles. The van der Waals surface area contributed by atoms with Gasteiger partial charge in [-0.05, 0) is 11.6 Å². The van der Waals surface area contributed by atoms with Crippen LogP contribution in [0.5, 0.6) is 5.75 Å². The summed E-state index contributed by atoms with van der Waals surface area (Å²) in [5.41, 5.74) is 2.09. The average molecular weight is 383 g/mol. The summed E-state index contributed by atoms with van der Waals surface area (Å²) >= 11 is 0. The van der Waals surface area contributed by atoms with Crippen LogP contribution in [0.3, 0.4) is 0 Å². The molecule has 2 N–H and O–H groups in total. The van der Waals surface area contributed by atoms with E-state index in [0.29, 0.717) is 0 Å². The van der Waals surface area contributed by atoms with Crippen LogP contribution in [0.15, 0.2) is 36.4 Å². The van der Waals surface area contributed by atoms with Gasteiger partial charge in [0, 0.05) is 34.7 Å². The Morgan fingerprint density at radius 1 is 1.12 bits per heavy atom. The minimum Gasteiger partial charge on any atom is 0 e. The smallest absolute Gasteiger partial charge is 0 e. The number of esters is 1. The molecule has 8 heteroatoms. The fourth-order valence-corrected chi connectivity index (χ4v) is 2.50. The van der Waals surface area contributed by atoms with Gasteiger partial charge in [-0.25, -0.2) is 4.79 Å². The Morgan fingerprint density at radius 3 is 2.24 bits per heavy atom. The maximum absolute atomic E-state index is 11.6. The molecule has 0 spiro atoms. The van der Waals surface area contributed by atoms with Crippen LogP contribution in [0.1, 0.15) is 21.8 Å². The van der Waals surface area contributed by atoms with E-state index in [4.69, 9.17) is 14.0 Å². The van der Waals surface area contributed by atoms with Crippen molar-refractivity contribution in [3.8, 4) is 5.75 Å². The molecule has 7 nitrogen and oxygen atoms in total. The van der Waals surface area contributed by atoms with E-state index in [9.17, 15) is 9.90 Å². The van der Waals surface area contributed by atoms with Gasteiger partial charge in [-0.15, -0.1) is 0 Å². The number of rotatable bonds is 1. The molecular weight excluding hydrogens is 370 g/mol. The molecule has 3 rings (SSSR count). The van der Waals surface area contributed by atoms with Crippen molar-refractivity contribution in [3.05, 3.63) is 67.5 Å². The molecule has 1 aromatic carbocycles. The number of fused-ring (bicyclic) bond motifs is 3. The third kappa shape index (κ3) is 5.52. The zero-order valence-electron chi connectivity index (χ0n) is 13.0. The van der Waals surface area contributed by atoms with Crippen LogP contribution in [-0.4, -0.2) is 24.2 Å². The molecule has 1 aromatic rings. The second-order valence-electron chi connectivity index (χ2n) is 4.41. The molecule has 0 amide bonds. The molecular formula is C17H13FeNO6. The summed E-state index contributed by atoms with van der Waals surface area (Å²) in [6, 6.07) is 3.48. The van der Waals surface area contributed by atoms with Crippen LogP contribution in [0.2, 0.25) is 0 Å². The number of carbonyl (C=O) groups excluding carboxylic acids is 1. The van der Waals surface area contributed by atoms with E-state index in [2.05, 4.69) is 42.2 Å². The SMILES string of the molecule is COC(=O)c1cc2c(cc1O)N[C@@H]1C=CC=C[C@H]21.[C-]#[O+].[C-]#[O+].[C-]#[O+].[Fe]. The molecule has 0 aromatic heterocycles. The first-order valence-electron chi connectivity index (χ1n) is 6.38. The fourth-order valence-electron chi connectivity index (χ4n) is 2.50. The summed E-state index contributed by atoms with van der Waals surface area (Å²) in [7, 11) is 1.30. The molecule has 2 aliphatic rings. The van der Waals surface area contributed by atoms with Crippen molar-refractivity contribution in [2.75, 3.05) is 12.4 Å². The van der Waals surface area contributed by atoms with Crippen molar-refractivity contribution >= 4 is 11.7 Å². The number of carbonyl (C=O) groups is 1. The second-order valence-corrected chi connectivity index (χ2v) is 4.41. The average Bonchev–Trinajstić information content (AvgIpc) is 3.02.